The molecule has 1 aromatic heterocycles. The molecule has 0 saturated heterocycles. The number of hydrogen-bond acceptors (Lipinski definition) is 3. The quantitative estimate of drug-likeness (QED) is 0.899. The van der Waals surface area contributed by atoms with Gasteiger partial charge in [-0.05, 0) is 30.2 Å². The van der Waals surface area contributed by atoms with E-state index in [1.165, 1.54) is 16.7 Å². The van der Waals surface area contributed by atoms with Gasteiger partial charge in [0.2, 0.25) is 0 Å². The van der Waals surface area contributed by atoms with E-state index < -0.39 is 0 Å². The van der Waals surface area contributed by atoms with Crippen LogP contribution < -0.4 is 5.73 Å². The van der Waals surface area contributed by atoms with E-state index in [0.29, 0.717) is 12.6 Å². The topological polar surface area (TPSA) is 42.4 Å². The molecule has 0 amide bonds. The second kappa shape index (κ2) is 4.59. The van der Waals surface area contributed by atoms with Crippen LogP contribution in [0.2, 0.25) is 0 Å². The number of furan rings is 1. The molecule has 0 spiro atoms. The summed E-state index contributed by atoms with van der Waals surface area (Å²) in [4.78, 5) is 2.38. The van der Waals surface area contributed by atoms with E-state index in [-0.39, 0.29) is 0 Å². The van der Waals surface area contributed by atoms with Crippen molar-refractivity contribution in [3.63, 3.8) is 0 Å². The fourth-order valence-corrected chi connectivity index (χ4v) is 2.74. The third-order valence-corrected chi connectivity index (χ3v) is 3.64. The molecule has 3 heteroatoms. The zero-order valence-corrected chi connectivity index (χ0v) is 10.6. The summed E-state index contributed by atoms with van der Waals surface area (Å²) in [5, 5.41) is 0. The predicted octanol–water partition coefficient (Wildman–Crippen LogP) is 2.60. The van der Waals surface area contributed by atoms with Crippen LogP contribution in [0.3, 0.4) is 0 Å². The maximum absolute atomic E-state index is 5.95. The average molecular weight is 242 g/mol. The first-order chi connectivity index (χ1) is 8.78. The number of hydrogen-bond donors (Lipinski definition) is 1. The zero-order valence-electron chi connectivity index (χ0n) is 10.6. The van der Waals surface area contributed by atoms with Crippen LogP contribution >= 0.6 is 0 Å². The van der Waals surface area contributed by atoms with E-state index in [4.69, 9.17) is 10.2 Å². The molecule has 3 rings (SSSR count). The fourth-order valence-electron chi connectivity index (χ4n) is 2.74. The highest BCUT2D eigenvalue weighted by atomic mass is 16.3. The molecule has 18 heavy (non-hydrogen) atoms. The Labute approximate surface area is 107 Å². The van der Waals surface area contributed by atoms with Gasteiger partial charge in [0.1, 0.15) is 5.76 Å². The Balaban J connectivity index is 1.87. The largest absolute Gasteiger partial charge is 0.468 e. The normalized spacial score (nSPS) is 19.1. The average Bonchev–Trinajstić information content (AvgIpc) is 2.96. The number of aryl methyl sites for hydroxylation is 1. The summed E-state index contributed by atoms with van der Waals surface area (Å²) < 4.78 is 5.43. The minimum atomic E-state index is 0.310. The molecule has 0 fully saturated rings. The van der Waals surface area contributed by atoms with Crippen LogP contribution in [0.5, 0.6) is 0 Å². The highest BCUT2D eigenvalue weighted by Gasteiger charge is 2.29. The Morgan fingerprint density at radius 3 is 3.00 bits per heavy atom. The van der Waals surface area contributed by atoms with E-state index in [1.807, 2.05) is 12.1 Å². The molecule has 0 saturated carbocycles. The summed E-state index contributed by atoms with van der Waals surface area (Å²) in [6.07, 6.45) is 1.72. The highest BCUT2D eigenvalue weighted by Crippen LogP contribution is 2.34. The lowest BCUT2D eigenvalue weighted by Gasteiger charge is -2.22. The molecule has 2 heterocycles. The molecule has 0 radical (unpaired) electrons. The lowest BCUT2D eigenvalue weighted by atomic mass is 10.0. The fraction of sp³-hybridized carbons (Fsp3) is 0.333. The Hall–Kier alpha value is -1.58. The Morgan fingerprint density at radius 1 is 1.39 bits per heavy atom. The van der Waals surface area contributed by atoms with Crippen LogP contribution in [-0.2, 0) is 13.1 Å². The Morgan fingerprint density at radius 2 is 2.28 bits per heavy atom. The van der Waals surface area contributed by atoms with E-state index in [2.05, 4.69) is 30.0 Å². The van der Waals surface area contributed by atoms with E-state index >= 15 is 0 Å². The predicted molar refractivity (Wildman–Crippen MR) is 70.9 cm³/mol. The Bertz CT molecular complexity index is 533. The molecule has 3 nitrogen and oxygen atoms in total. The van der Waals surface area contributed by atoms with Gasteiger partial charge in [-0.1, -0.05) is 23.8 Å². The van der Waals surface area contributed by atoms with Crippen molar-refractivity contribution in [3.05, 3.63) is 59.0 Å². The first-order valence-corrected chi connectivity index (χ1v) is 6.34. The van der Waals surface area contributed by atoms with Crippen LogP contribution in [0.15, 0.2) is 41.0 Å². The van der Waals surface area contributed by atoms with Crippen molar-refractivity contribution in [2.24, 2.45) is 5.73 Å². The van der Waals surface area contributed by atoms with Gasteiger partial charge in [0.05, 0.1) is 12.8 Å². The van der Waals surface area contributed by atoms with Crippen LogP contribution in [0.25, 0.3) is 0 Å². The molecule has 1 unspecified atom stereocenters. The molecular weight excluding hydrogens is 224 g/mol. The minimum absolute atomic E-state index is 0.310. The minimum Gasteiger partial charge on any atom is -0.468 e. The molecule has 1 atom stereocenters. The van der Waals surface area contributed by atoms with Gasteiger partial charge in [-0.2, -0.15) is 0 Å². The molecule has 94 valence electrons. The molecule has 0 bridgehead atoms. The van der Waals surface area contributed by atoms with Crippen molar-refractivity contribution in [3.8, 4) is 0 Å². The zero-order chi connectivity index (χ0) is 12.5. The monoisotopic (exact) mass is 242 g/mol. The molecule has 1 aliphatic heterocycles. The smallest absolute Gasteiger partial charge is 0.117 e. The first-order valence-electron chi connectivity index (χ1n) is 6.34. The second-order valence-corrected chi connectivity index (χ2v) is 4.94. The van der Waals surface area contributed by atoms with Crippen molar-refractivity contribution < 1.29 is 4.42 Å². The Kier molecular flexibility index (Phi) is 2.94. The van der Waals surface area contributed by atoms with Crippen molar-refractivity contribution in [1.29, 1.82) is 0 Å². The number of rotatable bonds is 3. The van der Waals surface area contributed by atoms with Crippen molar-refractivity contribution in [2.45, 2.75) is 26.1 Å². The van der Waals surface area contributed by atoms with Crippen LogP contribution in [0.1, 0.15) is 28.5 Å². The SMILES string of the molecule is Cc1ccc2c(c1)C(CN)N(Cc1ccco1)C2. The van der Waals surface area contributed by atoms with Gasteiger partial charge in [0.25, 0.3) is 0 Å². The molecule has 2 N–H and O–H groups in total. The third-order valence-electron chi connectivity index (χ3n) is 3.64. The number of nitrogens with zero attached hydrogens (tertiary/aromatic N) is 1. The van der Waals surface area contributed by atoms with Gasteiger partial charge < -0.3 is 10.2 Å². The van der Waals surface area contributed by atoms with E-state index in [9.17, 15) is 0 Å². The van der Waals surface area contributed by atoms with E-state index in [0.717, 1.165) is 18.8 Å². The van der Waals surface area contributed by atoms with Gasteiger partial charge >= 0.3 is 0 Å². The summed E-state index contributed by atoms with van der Waals surface area (Å²) in [5.74, 6) is 0.998. The molecule has 2 aromatic rings. The standard InChI is InChI=1S/C15H18N2O/c1-11-4-5-12-9-17(10-13-3-2-6-18-13)15(8-16)14(12)7-11/h2-7,15H,8-10,16H2,1H3. The second-order valence-electron chi connectivity index (χ2n) is 4.94. The van der Waals surface area contributed by atoms with Crippen molar-refractivity contribution in [2.75, 3.05) is 6.54 Å². The van der Waals surface area contributed by atoms with Gasteiger partial charge in [-0.3, -0.25) is 4.90 Å². The number of fused-ring (bicyclic) bond motifs is 1. The van der Waals surface area contributed by atoms with Gasteiger partial charge in [0, 0.05) is 19.1 Å². The van der Waals surface area contributed by atoms with Gasteiger partial charge in [0.15, 0.2) is 0 Å². The lowest BCUT2D eigenvalue weighted by Crippen LogP contribution is -2.27. The van der Waals surface area contributed by atoms with E-state index in [1.54, 1.807) is 6.26 Å². The molecular formula is C15H18N2O. The summed E-state index contributed by atoms with van der Waals surface area (Å²) in [5.41, 5.74) is 10.0. The van der Waals surface area contributed by atoms with Crippen LogP contribution in [0, 0.1) is 6.92 Å². The van der Waals surface area contributed by atoms with Crippen molar-refractivity contribution in [1.82, 2.24) is 4.90 Å². The van der Waals surface area contributed by atoms with Gasteiger partial charge in [-0.15, -0.1) is 0 Å². The lowest BCUT2D eigenvalue weighted by molar-refractivity contribution is 0.194. The molecule has 1 aliphatic rings. The van der Waals surface area contributed by atoms with Crippen LogP contribution in [0.4, 0.5) is 0 Å². The highest BCUT2D eigenvalue weighted by molar-refractivity contribution is 5.37. The number of nitrogens with two attached hydrogens (primary N) is 1. The summed E-state index contributed by atoms with van der Waals surface area (Å²) >= 11 is 0. The maximum atomic E-state index is 5.95. The maximum Gasteiger partial charge on any atom is 0.117 e. The first kappa shape index (κ1) is 11.5. The summed E-state index contributed by atoms with van der Waals surface area (Å²) in [6.45, 7) is 4.56. The third kappa shape index (κ3) is 1.96. The van der Waals surface area contributed by atoms with Gasteiger partial charge in [-0.25, -0.2) is 0 Å². The van der Waals surface area contributed by atoms with Crippen LogP contribution in [-0.4, -0.2) is 11.4 Å². The summed E-state index contributed by atoms with van der Waals surface area (Å²) in [6, 6.07) is 10.9. The number of benzene rings is 1. The molecule has 1 aromatic carbocycles. The molecule has 0 aliphatic carbocycles. The summed E-state index contributed by atoms with van der Waals surface area (Å²) in [7, 11) is 0. The van der Waals surface area contributed by atoms with Crippen molar-refractivity contribution >= 4 is 0 Å².